The van der Waals surface area contributed by atoms with Crippen LogP contribution in [0.1, 0.15) is 13.3 Å². The number of hydrogen-bond acceptors (Lipinski definition) is 0. The molecule has 0 heterocycles. The lowest BCUT2D eigenvalue weighted by Crippen LogP contribution is -1.64. The molecule has 1 atom stereocenters. The summed E-state index contributed by atoms with van der Waals surface area (Å²) in [6.07, 6.45) is 9.28. The van der Waals surface area contributed by atoms with Gasteiger partial charge >= 0.3 is 0 Å². The molecule has 0 saturated heterocycles. The van der Waals surface area contributed by atoms with Crippen LogP contribution < -0.4 is 0 Å². The van der Waals surface area contributed by atoms with Crippen molar-refractivity contribution in [3.05, 3.63) is 36.2 Å². The Labute approximate surface area is 65.5 Å². The summed E-state index contributed by atoms with van der Waals surface area (Å²) in [5.41, 5.74) is 0. The Morgan fingerprint density at radius 3 is 2.70 bits per heavy atom. The third-order valence-corrected chi connectivity index (χ3v) is 2.07. The zero-order valence-corrected chi connectivity index (χ0v) is 7.72. The predicted octanol–water partition coefficient (Wildman–Crippen LogP) is 3.33. The highest BCUT2D eigenvalue weighted by molar-refractivity contribution is 7.42. The maximum Gasteiger partial charge on any atom is -0.0314 e. The Morgan fingerprint density at radius 1 is 1.60 bits per heavy atom. The second-order valence-electron chi connectivity index (χ2n) is 1.91. The van der Waals surface area contributed by atoms with Crippen LogP contribution in [0.4, 0.5) is 0 Å². The molecule has 0 radical (unpaired) electrons. The minimum absolute atomic E-state index is 0.892. The largest absolute Gasteiger partial charge is 0.0991 e. The summed E-state index contributed by atoms with van der Waals surface area (Å²) in [4.78, 5) is 0. The average Bonchev–Trinajstić information content (AvgIpc) is 1.98. The topological polar surface area (TPSA) is 0 Å². The second kappa shape index (κ2) is 6.77. The van der Waals surface area contributed by atoms with Crippen molar-refractivity contribution >= 4 is 8.58 Å². The van der Waals surface area contributed by atoms with E-state index in [1.807, 2.05) is 12.2 Å². The molecular formula is C9H15P. The van der Waals surface area contributed by atoms with Crippen LogP contribution >= 0.6 is 8.58 Å². The van der Waals surface area contributed by atoms with E-state index in [-0.39, 0.29) is 0 Å². The van der Waals surface area contributed by atoms with Gasteiger partial charge in [0, 0.05) is 0 Å². The SMILES string of the molecule is C=C/C=C\C(=C/CC)PC. The fourth-order valence-corrected chi connectivity index (χ4v) is 1.32. The first kappa shape index (κ1) is 9.65. The standard InChI is InChI=1S/C9H15P/c1-4-6-8-9(10-3)7-5-2/h4,6-8,10H,1,5H2,2-3H3/b8-6-,9-7+. The first-order valence-corrected chi connectivity index (χ1v) is 5.02. The van der Waals surface area contributed by atoms with Gasteiger partial charge in [-0.1, -0.05) is 46.4 Å². The lowest BCUT2D eigenvalue weighted by atomic mass is 10.4. The molecular weight excluding hydrogens is 139 g/mol. The fourth-order valence-electron chi connectivity index (χ4n) is 0.645. The van der Waals surface area contributed by atoms with Gasteiger partial charge in [-0.25, -0.2) is 0 Å². The summed E-state index contributed by atoms with van der Waals surface area (Å²) in [7, 11) is 0.892. The van der Waals surface area contributed by atoms with E-state index in [1.54, 1.807) is 0 Å². The van der Waals surface area contributed by atoms with Crippen LogP contribution in [-0.2, 0) is 0 Å². The maximum absolute atomic E-state index is 3.62. The van der Waals surface area contributed by atoms with E-state index in [1.165, 1.54) is 5.31 Å². The van der Waals surface area contributed by atoms with Crippen LogP contribution in [0, 0.1) is 0 Å². The van der Waals surface area contributed by atoms with E-state index >= 15 is 0 Å². The third-order valence-electron chi connectivity index (χ3n) is 1.12. The lowest BCUT2D eigenvalue weighted by Gasteiger charge is -1.93. The van der Waals surface area contributed by atoms with Crippen molar-refractivity contribution in [2.45, 2.75) is 13.3 Å². The molecule has 0 bridgehead atoms. The first-order chi connectivity index (χ1) is 4.85. The molecule has 10 heavy (non-hydrogen) atoms. The Balaban J connectivity index is 3.94. The molecule has 0 amide bonds. The molecule has 0 nitrogen and oxygen atoms in total. The highest BCUT2D eigenvalue weighted by Crippen LogP contribution is 2.20. The molecule has 0 spiro atoms. The summed E-state index contributed by atoms with van der Waals surface area (Å²) >= 11 is 0. The van der Waals surface area contributed by atoms with Crippen LogP contribution in [-0.4, -0.2) is 6.66 Å². The summed E-state index contributed by atoms with van der Waals surface area (Å²) in [6, 6.07) is 0. The van der Waals surface area contributed by atoms with Gasteiger partial charge in [0.1, 0.15) is 0 Å². The number of rotatable bonds is 4. The molecule has 0 fully saturated rings. The first-order valence-electron chi connectivity index (χ1n) is 3.52. The van der Waals surface area contributed by atoms with E-state index in [2.05, 4.69) is 32.3 Å². The van der Waals surface area contributed by atoms with Crippen molar-refractivity contribution in [1.29, 1.82) is 0 Å². The van der Waals surface area contributed by atoms with Crippen molar-refractivity contribution in [3.8, 4) is 0 Å². The van der Waals surface area contributed by atoms with Crippen molar-refractivity contribution in [2.75, 3.05) is 6.66 Å². The van der Waals surface area contributed by atoms with Crippen molar-refractivity contribution in [2.24, 2.45) is 0 Å². The summed E-state index contributed by atoms with van der Waals surface area (Å²) < 4.78 is 0. The highest BCUT2D eigenvalue weighted by atomic mass is 31.1. The summed E-state index contributed by atoms with van der Waals surface area (Å²) in [5, 5.41) is 1.42. The average molecular weight is 154 g/mol. The lowest BCUT2D eigenvalue weighted by molar-refractivity contribution is 1.22. The maximum atomic E-state index is 3.62. The Bertz CT molecular complexity index is 140. The summed E-state index contributed by atoms with van der Waals surface area (Å²) in [5.74, 6) is 0. The van der Waals surface area contributed by atoms with Gasteiger partial charge in [0.2, 0.25) is 0 Å². The van der Waals surface area contributed by atoms with Crippen molar-refractivity contribution < 1.29 is 0 Å². The molecule has 0 aliphatic rings. The van der Waals surface area contributed by atoms with Gasteiger partial charge < -0.3 is 0 Å². The molecule has 0 N–H and O–H groups in total. The number of hydrogen-bond donors (Lipinski definition) is 0. The molecule has 0 saturated carbocycles. The van der Waals surface area contributed by atoms with Crippen LogP contribution in [0.2, 0.25) is 0 Å². The molecule has 1 heteroatoms. The molecule has 1 unspecified atom stereocenters. The Kier molecular flexibility index (Phi) is 6.53. The second-order valence-corrected chi connectivity index (χ2v) is 2.99. The normalized spacial score (nSPS) is 13.6. The van der Waals surface area contributed by atoms with Crippen LogP contribution in [0.3, 0.4) is 0 Å². The van der Waals surface area contributed by atoms with Crippen molar-refractivity contribution in [1.82, 2.24) is 0 Å². The molecule has 0 aliphatic heterocycles. The smallest absolute Gasteiger partial charge is 0.0314 e. The van der Waals surface area contributed by atoms with Gasteiger partial charge in [-0.05, 0) is 18.4 Å². The summed E-state index contributed by atoms with van der Waals surface area (Å²) in [6.45, 7) is 7.96. The van der Waals surface area contributed by atoms with Gasteiger partial charge in [-0.3, -0.25) is 0 Å². The van der Waals surface area contributed by atoms with Gasteiger partial charge in [-0.2, -0.15) is 0 Å². The molecule has 0 aromatic rings. The van der Waals surface area contributed by atoms with E-state index in [9.17, 15) is 0 Å². The Hall–Kier alpha value is -0.350. The van der Waals surface area contributed by atoms with Crippen LogP contribution in [0.5, 0.6) is 0 Å². The molecule has 56 valence electrons. The zero-order chi connectivity index (χ0) is 7.82. The van der Waals surface area contributed by atoms with Crippen LogP contribution in [0.15, 0.2) is 36.2 Å². The minimum Gasteiger partial charge on any atom is -0.0991 e. The molecule has 0 rings (SSSR count). The van der Waals surface area contributed by atoms with Gasteiger partial charge in [-0.15, -0.1) is 0 Å². The van der Waals surface area contributed by atoms with Gasteiger partial charge in [0.05, 0.1) is 0 Å². The van der Waals surface area contributed by atoms with Crippen molar-refractivity contribution in [3.63, 3.8) is 0 Å². The number of allylic oxidation sites excluding steroid dienone is 5. The van der Waals surface area contributed by atoms with E-state index in [4.69, 9.17) is 0 Å². The van der Waals surface area contributed by atoms with Gasteiger partial charge in [0.15, 0.2) is 0 Å². The van der Waals surface area contributed by atoms with E-state index < -0.39 is 0 Å². The molecule has 0 aliphatic carbocycles. The van der Waals surface area contributed by atoms with Crippen LogP contribution in [0.25, 0.3) is 0 Å². The fraction of sp³-hybridized carbons (Fsp3) is 0.333. The monoisotopic (exact) mass is 154 g/mol. The predicted molar refractivity (Wildman–Crippen MR) is 52.0 cm³/mol. The molecule has 0 aromatic heterocycles. The quantitative estimate of drug-likeness (QED) is 0.430. The third kappa shape index (κ3) is 4.52. The van der Waals surface area contributed by atoms with E-state index in [0.717, 1.165) is 15.0 Å². The Morgan fingerprint density at radius 2 is 2.30 bits per heavy atom. The minimum atomic E-state index is 0.892. The van der Waals surface area contributed by atoms with E-state index in [0.29, 0.717) is 0 Å². The molecule has 0 aromatic carbocycles. The zero-order valence-electron chi connectivity index (χ0n) is 6.72. The van der Waals surface area contributed by atoms with Gasteiger partial charge in [0.25, 0.3) is 0 Å². The highest BCUT2D eigenvalue weighted by Gasteiger charge is 1.82.